The summed E-state index contributed by atoms with van der Waals surface area (Å²) in [5.74, 6) is 1.66. The lowest BCUT2D eigenvalue weighted by atomic mass is 9.86. The van der Waals surface area contributed by atoms with E-state index < -0.39 is 5.97 Å². The van der Waals surface area contributed by atoms with Crippen molar-refractivity contribution in [3.63, 3.8) is 0 Å². The highest BCUT2D eigenvalue weighted by Gasteiger charge is 2.29. The molecule has 0 radical (unpaired) electrons. The first-order valence-electron chi connectivity index (χ1n) is 6.70. The molecule has 0 aliphatic carbocycles. The van der Waals surface area contributed by atoms with Crippen molar-refractivity contribution >= 4 is 11.8 Å². The number of piperidine rings is 1. The highest BCUT2D eigenvalue weighted by Crippen LogP contribution is 2.29. The van der Waals surface area contributed by atoms with Crippen molar-refractivity contribution < 1.29 is 9.53 Å². The molecule has 3 atom stereocenters. The summed E-state index contributed by atoms with van der Waals surface area (Å²) in [5, 5.41) is 0. The van der Waals surface area contributed by atoms with Gasteiger partial charge in [-0.2, -0.15) is 0 Å². The highest BCUT2D eigenvalue weighted by molar-refractivity contribution is 5.86. The number of hydrogen-bond acceptors (Lipinski definition) is 5. The van der Waals surface area contributed by atoms with Gasteiger partial charge in [-0.1, -0.05) is 13.8 Å². The zero-order chi connectivity index (χ0) is 14.0. The van der Waals surface area contributed by atoms with Crippen LogP contribution in [-0.2, 0) is 4.74 Å². The fourth-order valence-electron chi connectivity index (χ4n) is 2.70. The molecule has 1 aliphatic heterocycles. The van der Waals surface area contributed by atoms with Crippen LogP contribution in [0.15, 0.2) is 12.4 Å². The van der Waals surface area contributed by atoms with Gasteiger partial charge in [0.1, 0.15) is 5.82 Å². The van der Waals surface area contributed by atoms with Crippen molar-refractivity contribution in [3.8, 4) is 0 Å². The Labute approximate surface area is 114 Å². The lowest BCUT2D eigenvalue weighted by Crippen LogP contribution is -2.46. The van der Waals surface area contributed by atoms with Gasteiger partial charge in [0, 0.05) is 12.6 Å². The minimum absolute atomic E-state index is 0.247. The largest absolute Gasteiger partial charge is 0.464 e. The summed E-state index contributed by atoms with van der Waals surface area (Å²) in [6, 6.07) is 0.439. The Morgan fingerprint density at radius 2 is 2.05 bits per heavy atom. The van der Waals surface area contributed by atoms with E-state index in [9.17, 15) is 4.79 Å². The van der Waals surface area contributed by atoms with E-state index >= 15 is 0 Å². The molecule has 19 heavy (non-hydrogen) atoms. The molecule has 5 nitrogen and oxygen atoms in total. The molecule has 3 unspecified atom stereocenters. The molecule has 2 heterocycles. The number of aromatic nitrogens is 2. The molecule has 0 amide bonds. The molecule has 2 rings (SSSR count). The maximum absolute atomic E-state index is 11.3. The summed E-state index contributed by atoms with van der Waals surface area (Å²) in [4.78, 5) is 22.1. The SMILES string of the molecule is COC(=O)c1cnc(N2CC(C)CC(C)C2C)cn1. The molecular weight excluding hydrogens is 242 g/mol. The monoisotopic (exact) mass is 263 g/mol. The molecule has 1 saturated heterocycles. The van der Waals surface area contributed by atoms with Gasteiger partial charge in [-0.3, -0.25) is 0 Å². The number of ether oxygens (including phenoxy) is 1. The number of esters is 1. The van der Waals surface area contributed by atoms with E-state index in [-0.39, 0.29) is 5.69 Å². The Bertz CT molecular complexity index is 447. The van der Waals surface area contributed by atoms with Gasteiger partial charge in [-0.15, -0.1) is 0 Å². The summed E-state index contributed by atoms with van der Waals surface area (Å²) < 4.78 is 4.62. The van der Waals surface area contributed by atoms with Gasteiger partial charge in [-0.25, -0.2) is 14.8 Å². The summed E-state index contributed by atoms with van der Waals surface area (Å²) in [7, 11) is 1.34. The van der Waals surface area contributed by atoms with E-state index in [2.05, 4.69) is 40.4 Å². The molecule has 0 spiro atoms. The maximum Gasteiger partial charge on any atom is 0.358 e. The van der Waals surface area contributed by atoms with Crippen molar-refractivity contribution in [2.24, 2.45) is 11.8 Å². The van der Waals surface area contributed by atoms with Crippen LogP contribution in [0.2, 0.25) is 0 Å². The Morgan fingerprint density at radius 1 is 1.32 bits per heavy atom. The molecule has 0 bridgehead atoms. The molecule has 0 N–H and O–H groups in total. The van der Waals surface area contributed by atoms with Gasteiger partial charge >= 0.3 is 5.97 Å². The number of anilines is 1. The Morgan fingerprint density at radius 3 is 2.63 bits per heavy atom. The van der Waals surface area contributed by atoms with E-state index in [1.54, 1.807) is 6.20 Å². The second-order valence-corrected chi connectivity index (χ2v) is 5.46. The fourth-order valence-corrected chi connectivity index (χ4v) is 2.70. The Balaban J connectivity index is 2.19. The first kappa shape index (κ1) is 13.8. The lowest BCUT2D eigenvalue weighted by molar-refractivity contribution is 0.0593. The molecule has 1 aliphatic rings. The van der Waals surface area contributed by atoms with E-state index in [1.807, 2.05) is 0 Å². The van der Waals surface area contributed by atoms with Crippen LogP contribution in [-0.4, -0.2) is 35.6 Å². The van der Waals surface area contributed by atoms with E-state index in [0.717, 1.165) is 12.4 Å². The zero-order valence-corrected chi connectivity index (χ0v) is 12.0. The summed E-state index contributed by atoms with van der Waals surface area (Å²) >= 11 is 0. The third-order valence-corrected chi connectivity index (χ3v) is 3.92. The van der Waals surface area contributed by atoms with Crippen molar-refractivity contribution in [3.05, 3.63) is 18.1 Å². The van der Waals surface area contributed by atoms with Crippen LogP contribution in [0.1, 0.15) is 37.7 Å². The molecular formula is C14H21N3O2. The number of rotatable bonds is 2. The van der Waals surface area contributed by atoms with Crippen molar-refractivity contribution in [1.82, 2.24) is 9.97 Å². The maximum atomic E-state index is 11.3. The third kappa shape index (κ3) is 2.85. The Hall–Kier alpha value is -1.65. The lowest BCUT2D eigenvalue weighted by Gasteiger charge is -2.41. The van der Waals surface area contributed by atoms with Crippen LogP contribution < -0.4 is 4.90 Å². The number of carbonyl (C=O) groups is 1. The van der Waals surface area contributed by atoms with Crippen LogP contribution in [0.3, 0.4) is 0 Å². The second-order valence-electron chi connectivity index (χ2n) is 5.46. The third-order valence-electron chi connectivity index (χ3n) is 3.92. The molecule has 1 aromatic heterocycles. The van der Waals surface area contributed by atoms with Crippen molar-refractivity contribution in [1.29, 1.82) is 0 Å². The smallest absolute Gasteiger partial charge is 0.358 e. The summed E-state index contributed by atoms with van der Waals surface area (Å²) in [5.41, 5.74) is 0.247. The van der Waals surface area contributed by atoms with E-state index in [1.165, 1.54) is 19.7 Å². The van der Waals surface area contributed by atoms with Crippen molar-refractivity contribution in [2.45, 2.75) is 33.2 Å². The fraction of sp³-hybridized carbons (Fsp3) is 0.643. The molecule has 0 aromatic carbocycles. The minimum atomic E-state index is -0.451. The van der Waals surface area contributed by atoms with Crippen LogP contribution >= 0.6 is 0 Å². The van der Waals surface area contributed by atoms with Crippen LogP contribution in [0.5, 0.6) is 0 Å². The summed E-state index contributed by atoms with van der Waals surface area (Å²) in [6.07, 6.45) is 4.39. The van der Waals surface area contributed by atoms with Gasteiger partial charge in [0.15, 0.2) is 5.69 Å². The van der Waals surface area contributed by atoms with E-state index in [0.29, 0.717) is 17.9 Å². The van der Waals surface area contributed by atoms with Gasteiger partial charge in [0.25, 0.3) is 0 Å². The number of methoxy groups -OCH3 is 1. The second kappa shape index (κ2) is 5.55. The first-order chi connectivity index (χ1) is 9.02. The molecule has 1 aromatic rings. The summed E-state index contributed by atoms with van der Waals surface area (Å²) in [6.45, 7) is 7.72. The van der Waals surface area contributed by atoms with Gasteiger partial charge < -0.3 is 9.64 Å². The average Bonchev–Trinajstić information content (AvgIpc) is 2.42. The number of carbonyl (C=O) groups excluding carboxylic acids is 1. The topological polar surface area (TPSA) is 55.3 Å². The quantitative estimate of drug-likeness (QED) is 0.765. The van der Waals surface area contributed by atoms with Crippen LogP contribution in [0.25, 0.3) is 0 Å². The first-order valence-corrected chi connectivity index (χ1v) is 6.70. The Kier molecular flexibility index (Phi) is 4.02. The predicted octanol–water partition coefficient (Wildman–Crippen LogP) is 2.13. The molecule has 5 heteroatoms. The zero-order valence-electron chi connectivity index (χ0n) is 12.0. The number of nitrogens with zero attached hydrogens (tertiary/aromatic N) is 3. The van der Waals surface area contributed by atoms with Crippen LogP contribution in [0.4, 0.5) is 5.82 Å². The molecule has 1 fully saturated rings. The normalized spacial score (nSPS) is 27.2. The highest BCUT2D eigenvalue weighted by atomic mass is 16.5. The van der Waals surface area contributed by atoms with E-state index in [4.69, 9.17) is 0 Å². The van der Waals surface area contributed by atoms with Crippen LogP contribution in [0, 0.1) is 11.8 Å². The molecule has 104 valence electrons. The van der Waals surface area contributed by atoms with Gasteiger partial charge in [0.05, 0.1) is 19.5 Å². The average molecular weight is 263 g/mol. The standard InChI is InChI=1S/C14H21N3O2/c1-9-5-10(2)11(3)17(8-9)13-7-15-12(6-16-13)14(18)19-4/h6-7,9-11H,5,8H2,1-4H3. The van der Waals surface area contributed by atoms with Gasteiger partial charge in [-0.05, 0) is 25.2 Å². The number of hydrogen-bond donors (Lipinski definition) is 0. The minimum Gasteiger partial charge on any atom is -0.464 e. The molecule has 0 saturated carbocycles. The predicted molar refractivity (Wildman–Crippen MR) is 73.1 cm³/mol. The van der Waals surface area contributed by atoms with Gasteiger partial charge in [0.2, 0.25) is 0 Å². The van der Waals surface area contributed by atoms with Crippen molar-refractivity contribution in [2.75, 3.05) is 18.6 Å².